The summed E-state index contributed by atoms with van der Waals surface area (Å²) in [7, 11) is 0. The molecule has 1 aromatic heterocycles. The smallest absolute Gasteiger partial charge is 0.228 e. The molecule has 0 radical (unpaired) electrons. The lowest BCUT2D eigenvalue weighted by Gasteiger charge is -2.10. The quantitative estimate of drug-likeness (QED) is 0.307. The van der Waals surface area contributed by atoms with Gasteiger partial charge in [0.05, 0.1) is 6.54 Å². The number of aryl methyl sites for hydroxylation is 1. The third-order valence-corrected chi connectivity index (χ3v) is 2.88. The second kappa shape index (κ2) is 10.8. The van der Waals surface area contributed by atoms with Gasteiger partial charge in [-0.3, -0.25) is 0 Å². The van der Waals surface area contributed by atoms with Gasteiger partial charge >= 0.3 is 0 Å². The van der Waals surface area contributed by atoms with Crippen molar-refractivity contribution in [3.8, 4) is 0 Å². The Morgan fingerprint density at radius 1 is 1.30 bits per heavy atom. The van der Waals surface area contributed by atoms with E-state index >= 15 is 0 Å². The summed E-state index contributed by atoms with van der Waals surface area (Å²) in [6, 6.07) is 10.1. The maximum absolute atomic E-state index is 5.08. The molecule has 0 spiro atoms. The first kappa shape index (κ1) is 19.1. The summed E-state index contributed by atoms with van der Waals surface area (Å²) in [4.78, 5) is 8.72. The molecule has 2 rings (SSSR count). The summed E-state index contributed by atoms with van der Waals surface area (Å²) in [6.45, 7) is 7.44. The molecule has 124 valence electrons. The zero-order valence-corrected chi connectivity index (χ0v) is 15.5. The molecule has 2 aromatic rings. The standard InChI is InChI=1S/C16H21N5O.HI/c1-3-10-17-16(19-12-14-7-5-4-6-8-14)18-11-9-15-20-13(2)21-22-15;/h3-8H,1,9-12H2,2H3,(H2,17,18,19);1H. The molecule has 0 bridgehead atoms. The van der Waals surface area contributed by atoms with Crippen LogP contribution in [0, 0.1) is 6.92 Å². The Kier molecular flexibility index (Phi) is 8.96. The summed E-state index contributed by atoms with van der Waals surface area (Å²) in [5, 5.41) is 10.2. The van der Waals surface area contributed by atoms with Crippen molar-refractivity contribution in [3.63, 3.8) is 0 Å². The zero-order valence-electron chi connectivity index (χ0n) is 13.2. The molecule has 0 unspecified atom stereocenters. The topological polar surface area (TPSA) is 75.3 Å². The van der Waals surface area contributed by atoms with Gasteiger partial charge in [0.1, 0.15) is 0 Å². The average Bonchev–Trinajstić information content (AvgIpc) is 2.96. The first-order chi connectivity index (χ1) is 10.8. The number of halogens is 1. The predicted octanol–water partition coefficient (Wildman–Crippen LogP) is 2.46. The number of hydrogen-bond acceptors (Lipinski definition) is 4. The van der Waals surface area contributed by atoms with Crippen LogP contribution in [0.3, 0.4) is 0 Å². The monoisotopic (exact) mass is 427 g/mol. The van der Waals surface area contributed by atoms with Crippen LogP contribution in [-0.4, -0.2) is 29.2 Å². The molecule has 7 heteroatoms. The minimum absolute atomic E-state index is 0. The normalized spacial score (nSPS) is 10.7. The molecular weight excluding hydrogens is 405 g/mol. The molecule has 0 atom stereocenters. The maximum atomic E-state index is 5.08. The zero-order chi connectivity index (χ0) is 15.6. The van der Waals surface area contributed by atoms with Crippen molar-refractivity contribution in [2.45, 2.75) is 19.9 Å². The lowest BCUT2D eigenvalue weighted by Crippen LogP contribution is -2.38. The summed E-state index contributed by atoms with van der Waals surface area (Å²) in [5.41, 5.74) is 1.16. The van der Waals surface area contributed by atoms with E-state index in [0.29, 0.717) is 37.8 Å². The number of rotatable bonds is 7. The van der Waals surface area contributed by atoms with Crippen molar-refractivity contribution in [1.29, 1.82) is 0 Å². The van der Waals surface area contributed by atoms with Gasteiger partial charge in [-0.1, -0.05) is 41.6 Å². The van der Waals surface area contributed by atoms with E-state index in [1.807, 2.05) is 18.2 Å². The Bertz CT molecular complexity index is 612. The fourth-order valence-corrected chi connectivity index (χ4v) is 1.83. The predicted molar refractivity (Wildman–Crippen MR) is 102 cm³/mol. The molecule has 6 nitrogen and oxygen atoms in total. The molecular formula is C16H22IN5O. The number of aliphatic imine (C=N–C) groups is 1. The summed E-state index contributed by atoms with van der Waals surface area (Å²) >= 11 is 0. The fraction of sp³-hybridized carbons (Fsp3) is 0.312. The van der Waals surface area contributed by atoms with E-state index in [2.05, 4.69) is 44.5 Å². The van der Waals surface area contributed by atoms with Gasteiger partial charge < -0.3 is 15.2 Å². The van der Waals surface area contributed by atoms with E-state index in [1.54, 1.807) is 13.0 Å². The van der Waals surface area contributed by atoms with Gasteiger partial charge in [-0.2, -0.15) is 4.98 Å². The largest absolute Gasteiger partial charge is 0.356 e. The number of benzene rings is 1. The second-order valence-corrected chi connectivity index (χ2v) is 4.73. The van der Waals surface area contributed by atoms with Crippen molar-refractivity contribution in [2.75, 3.05) is 13.1 Å². The number of aromatic nitrogens is 2. The number of hydrogen-bond donors (Lipinski definition) is 2. The van der Waals surface area contributed by atoms with Gasteiger partial charge in [-0.15, -0.1) is 30.6 Å². The molecule has 0 aliphatic rings. The molecule has 0 aliphatic heterocycles. The molecule has 23 heavy (non-hydrogen) atoms. The van der Waals surface area contributed by atoms with Crippen molar-refractivity contribution < 1.29 is 4.52 Å². The van der Waals surface area contributed by atoms with E-state index < -0.39 is 0 Å². The Balaban J connectivity index is 0.00000264. The van der Waals surface area contributed by atoms with Gasteiger partial charge in [0.25, 0.3) is 0 Å². The lowest BCUT2D eigenvalue weighted by molar-refractivity contribution is 0.374. The summed E-state index contributed by atoms with van der Waals surface area (Å²) in [5.74, 6) is 2.01. The molecule has 0 saturated heterocycles. The van der Waals surface area contributed by atoms with Crippen LogP contribution in [-0.2, 0) is 13.0 Å². The highest BCUT2D eigenvalue weighted by Crippen LogP contribution is 2.00. The van der Waals surface area contributed by atoms with E-state index in [0.717, 1.165) is 11.5 Å². The first-order valence-corrected chi connectivity index (χ1v) is 7.24. The highest BCUT2D eigenvalue weighted by atomic mass is 127. The van der Waals surface area contributed by atoms with Crippen LogP contribution in [0.1, 0.15) is 17.3 Å². The Labute approximate surface area is 153 Å². The van der Waals surface area contributed by atoms with Gasteiger partial charge in [0, 0.05) is 19.5 Å². The first-order valence-electron chi connectivity index (χ1n) is 7.24. The minimum Gasteiger partial charge on any atom is -0.356 e. The van der Waals surface area contributed by atoms with Crippen LogP contribution in [0.25, 0.3) is 0 Å². The minimum atomic E-state index is 0. The van der Waals surface area contributed by atoms with Crippen LogP contribution >= 0.6 is 24.0 Å². The SMILES string of the molecule is C=CCNC(=NCc1ccccc1)NCCc1nc(C)no1.I. The van der Waals surface area contributed by atoms with Gasteiger partial charge in [0.15, 0.2) is 11.8 Å². The molecule has 0 saturated carbocycles. The van der Waals surface area contributed by atoms with Crippen molar-refractivity contribution in [2.24, 2.45) is 4.99 Å². The van der Waals surface area contributed by atoms with Crippen LogP contribution in [0.15, 0.2) is 52.5 Å². The van der Waals surface area contributed by atoms with Crippen LogP contribution in [0.2, 0.25) is 0 Å². The Hall–Kier alpha value is -1.90. The van der Waals surface area contributed by atoms with Gasteiger partial charge in [-0.05, 0) is 12.5 Å². The van der Waals surface area contributed by atoms with Crippen molar-refractivity contribution in [1.82, 2.24) is 20.8 Å². The molecule has 1 heterocycles. The number of guanidine groups is 1. The lowest BCUT2D eigenvalue weighted by atomic mass is 10.2. The third-order valence-electron chi connectivity index (χ3n) is 2.88. The number of nitrogens with one attached hydrogen (secondary N) is 2. The molecule has 0 aliphatic carbocycles. The molecule has 2 N–H and O–H groups in total. The van der Waals surface area contributed by atoms with Crippen LogP contribution in [0.4, 0.5) is 0 Å². The Morgan fingerprint density at radius 3 is 2.74 bits per heavy atom. The van der Waals surface area contributed by atoms with E-state index in [-0.39, 0.29) is 24.0 Å². The fourth-order valence-electron chi connectivity index (χ4n) is 1.83. The third kappa shape index (κ3) is 7.27. The summed E-state index contributed by atoms with van der Waals surface area (Å²) in [6.07, 6.45) is 2.45. The highest BCUT2D eigenvalue weighted by molar-refractivity contribution is 14.0. The van der Waals surface area contributed by atoms with Crippen molar-refractivity contribution in [3.05, 3.63) is 60.3 Å². The van der Waals surface area contributed by atoms with Crippen LogP contribution < -0.4 is 10.6 Å². The van der Waals surface area contributed by atoms with E-state index in [1.165, 1.54) is 0 Å². The van der Waals surface area contributed by atoms with Gasteiger partial charge in [-0.25, -0.2) is 4.99 Å². The number of nitrogens with zero attached hydrogens (tertiary/aromatic N) is 3. The summed E-state index contributed by atoms with van der Waals surface area (Å²) < 4.78 is 5.08. The average molecular weight is 427 g/mol. The molecule has 0 amide bonds. The van der Waals surface area contributed by atoms with E-state index in [4.69, 9.17) is 4.52 Å². The molecule has 0 fully saturated rings. The highest BCUT2D eigenvalue weighted by Gasteiger charge is 2.03. The molecule has 1 aromatic carbocycles. The van der Waals surface area contributed by atoms with Crippen molar-refractivity contribution >= 4 is 29.9 Å². The second-order valence-electron chi connectivity index (χ2n) is 4.73. The Morgan fingerprint density at radius 2 is 2.09 bits per heavy atom. The van der Waals surface area contributed by atoms with E-state index in [9.17, 15) is 0 Å². The van der Waals surface area contributed by atoms with Crippen LogP contribution in [0.5, 0.6) is 0 Å². The van der Waals surface area contributed by atoms with Gasteiger partial charge in [0.2, 0.25) is 5.89 Å². The maximum Gasteiger partial charge on any atom is 0.228 e.